The first-order chi connectivity index (χ1) is 9.10. The lowest BCUT2D eigenvalue weighted by Gasteiger charge is -2.06. The zero-order valence-electron chi connectivity index (χ0n) is 10.3. The van der Waals surface area contributed by atoms with Crippen LogP contribution in [-0.4, -0.2) is 12.6 Å². The van der Waals surface area contributed by atoms with E-state index in [1.165, 1.54) is 0 Å². The standard InChI is InChI=1S/C15H12Br2O2/c1-2-19-15(18)11-5-3-10(4-6-11)12-7-13(16)9-14(17)8-12/h3-9H,2H2,1H3. The largest absolute Gasteiger partial charge is 0.462 e. The van der Waals surface area contributed by atoms with Crippen molar-refractivity contribution in [1.29, 1.82) is 0 Å². The maximum absolute atomic E-state index is 11.6. The SMILES string of the molecule is CCOC(=O)c1ccc(-c2cc(Br)cc(Br)c2)cc1. The fraction of sp³-hybridized carbons (Fsp3) is 0.133. The molecule has 0 aliphatic carbocycles. The van der Waals surface area contributed by atoms with Crippen LogP contribution in [0.2, 0.25) is 0 Å². The normalized spacial score (nSPS) is 10.3. The zero-order valence-corrected chi connectivity index (χ0v) is 13.5. The van der Waals surface area contributed by atoms with Gasteiger partial charge in [0.25, 0.3) is 0 Å². The molecule has 0 aliphatic heterocycles. The Morgan fingerprint density at radius 1 is 1.00 bits per heavy atom. The number of hydrogen-bond acceptors (Lipinski definition) is 2. The Kier molecular flexibility index (Phi) is 4.77. The van der Waals surface area contributed by atoms with Crippen LogP contribution >= 0.6 is 31.9 Å². The van der Waals surface area contributed by atoms with Crippen molar-refractivity contribution in [2.75, 3.05) is 6.61 Å². The molecule has 0 amide bonds. The number of ether oxygens (including phenoxy) is 1. The van der Waals surface area contributed by atoms with Crippen LogP contribution in [0, 0.1) is 0 Å². The molecule has 0 aromatic heterocycles. The van der Waals surface area contributed by atoms with Gasteiger partial charge in [-0.15, -0.1) is 0 Å². The summed E-state index contributed by atoms with van der Waals surface area (Å²) in [7, 11) is 0. The van der Waals surface area contributed by atoms with Gasteiger partial charge >= 0.3 is 5.97 Å². The van der Waals surface area contributed by atoms with E-state index in [0.29, 0.717) is 12.2 Å². The molecule has 0 unspecified atom stereocenters. The molecular weight excluding hydrogens is 372 g/mol. The van der Waals surface area contributed by atoms with Crippen molar-refractivity contribution in [3.8, 4) is 11.1 Å². The van der Waals surface area contributed by atoms with E-state index in [-0.39, 0.29) is 5.97 Å². The van der Waals surface area contributed by atoms with Gasteiger partial charge < -0.3 is 4.74 Å². The highest BCUT2D eigenvalue weighted by Gasteiger charge is 2.07. The molecule has 2 rings (SSSR count). The fourth-order valence-electron chi connectivity index (χ4n) is 1.73. The molecule has 0 atom stereocenters. The van der Waals surface area contributed by atoms with E-state index in [1.807, 2.05) is 30.3 Å². The molecule has 2 aromatic rings. The van der Waals surface area contributed by atoms with Gasteiger partial charge in [-0.25, -0.2) is 4.79 Å². The molecule has 2 nitrogen and oxygen atoms in total. The van der Waals surface area contributed by atoms with Gasteiger partial charge in [-0.2, -0.15) is 0 Å². The summed E-state index contributed by atoms with van der Waals surface area (Å²) in [5, 5.41) is 0. The first kappa shape index (κ1) is 14.3. The summed E-state index contributed by atoms with van der Waals surface area (Å²) < 4.78 is 6.97. The second-order valence-electron chi connectivity index (χ2n) is 3.96. The van der Waals surface area contributed by atoms with Crippen LogP contribution in [0.4, 0.5) is 0 Å². The van der Waals surface area contributed by atoms with Crippen LogP contribution in [0.15, 0.2) is 51.4 Å². The Morgan fingerprint density at radius 3 is 2.11 bits per heavy atom. The number of hydrogen-bond donors (Lipinski definition) is 0. The minimum absolute atomic E-state index is 0.288. The smallest absolute Gasteiger partial charge is 0.338 e. The Bertz CT molecular complexity index is 571. The quantitative estimate of drug-likeness (QED) is 0.692. The number of benzene rings is 2. The summed E-state index contributed by atoms with van der Waals surface area (Å²) in [6.07, 6.45) is 0. The summed E-state index contributed by atoms with van der Waals surface area (Å²) in [6, 6.07) is 13.4. The van der Waals surface area contributed by atoms with Crippen molar-refractivity contribution in [2.45, 2.75) is 6.92 Å². The molecule has 0 fully saturated rings. The number of esters is 1. The predicted molar refractivity (Wildman–Crippen MR) is 83.2 cm³/mol. The van der Waals surface area contributed by atoms with Crippen LogP contribution in [0.1, 0.15) is 17.3 Å². The predicted octanol–water partition coefficient (Wildman–Crippen LogP) is 5.06. The Labute approximate surface area is 129 Å². The third-order valence-corrected chi connectivity index (χ3v) is 3.51. The Balaban J connectivity index is 2.29. The van der Waals surface area contributed by atoms with E-state index >= 15 is 0 Å². The van der Waals surface area contributed by atoms with Crippen LogP contribution in [-0.2, 0) is 4.74 Å². The second kappa shape index (κ2) is 6.35. The minimum Gasteiger partial charge on any atom is -0.462 e. The number of rotatable bonds is 3. The highest BCUT2D eigenvalue weighted by Crippen LogP contribution is 2.27. The molecular formula is C15H12Br2O2. The highest BCUT2D eigenvalue weighted by molar-refractivity contribution is 9.11. The average molecular weight is 384 g/mol. The third-order valence-electron chi connectivity index (χ3n) is 2.59. The first-order valence-electron chi connectivity index (χ1n) is 5.84. The van der Waals surface area contributed by atoms with Gasteiger partial charge in [0.15, 0.2) is 0 Å². The molecule has 98 valence electrons. The summed E-state index contributed by atoms with van der Waals surface area (Å²) >= 11 is 6.93. The average Bonchev–Trinajstić information content (AvgIpc) is 2.38. The van der Waals surface area contributed by atoms with Gasteiger partial charge in [-0.3, -0.25) is 0 Å². The summed E-state index contributed by atoms with van der Waals surface area (Å²) in [6.45, 7) is 2.18. The van der Waals surface area contributed by atoms with Crippen LogP contribution < -0.4 is 0 Å². The lowest BCUT2D eigenvalue weighted by Crippen LogP contribution is -2.03. The van der Waals surface area contributed by atoms with E-state index in [4.69, 9.17) is 4.74 Å². The molecule has 0 saturated heterocycles. The lowest BCUT2D eigenvalue weighted by atomic mass is 10.0. The zero-order chi connectivity index (χ0) is 13.8. The van der Waals surface area contributed by atoms with Gasteiger partial charge in [0.05, 0.1) is 12.2 Å². The van der Waals surface area contributed by atoms with Crippen molar-refractivity contribution in [3.63, 3.8) is 0 Å². The van der Waals surface area contributed by atoms with Crippen molar-refractivity contribution >= 4 is 37.8 Å². The molecule has 0 radical (unpaired) electrons. The Hall–Kier alpha value is -1.13. The highest BCUT2D eigenvalue weighted by atomic mass is 79.9. The molecule has 0 bridgehead atoms. The van der Waals surface area contributed by atoms with E-state index in [1.54, 1.807) is 19.1 Å². The number of carbonyl (C=O) groups is 1. The lowest BCUT2D eigenvalue weighted by molar-refractivity contribution is 0.0526. The molecule has 2 aromatic carbocycles. The van der Waals surface area contributed by atoms with Gasteiger partial charge in [0.1, 0.15) is 0 Å². The van der Waals surface area contributed by atoms with Crippen LogP contribution in [0.25, 0.3) is 11.1 Å². The minimum atomic E-state index is -0.288. The molecule has 0 saturated carbocycles. The fourth-order valence-corrected chi connectivity index (χ4v) is 3.03. The summed E-state index contributed by atoms with van der Waals surface area (Å²) in [4.78, 5) is 11.6. The summed E-state index contributed by atoms with van der Waals surface area (Å²) in [5.74, 6) is -0.288. The monoisotopic (exact) mass is 382 g/mol. The second-order valence-corrected chi connectivity index (χ2v) is 5.79. The first-order valence-corrected chi connectivity index (χ1v) is 7.42. The molecule has 19 heavy (non-hydrogen) atoms. The van der Waals surface area contributed by atoms with Gasteiger partial charge in [0.2, 0.25) is 0 Å². The number of halogens is 2. The van der Waals surface area contributed by atoms with Crippen LogP contribution in [0.5, 0.6) is 0 Å². The Morgan fingerprint density at radius 2 is 1.58 bits per heavy atom. The van der Waals surface area contributed by atoms with Crippen molar-refractivity contribution in [3.05, 3.63) is 57.0 Å². The maximum atomic E-state index is 11.6. The third kappa shape index (κ3) is 3.67. The molecule has 4 heteroatoms. The van der Waals surface area contributed by atoms with E-state index in [2.05, 4.69) is 31.9 Å². The molecule has 0 N–H and O–H groups in total. The van der Waals surface area contributed by atoms with Crippen molar-refractivity contribution in [2.24, 2.45) is 0 Å². The van der Waals surface area contributed by atoms with E-state index < -0.39 is 0 Å². The van der Waals surface area contributed by atoms with Gasteiger partial charge in [-0.1, -0.05) is 44.0 Å². The maximum Gasteiger partial charge on any atom is 0.338 e. The summed E-state index contributed by atoms with van der Waals surface area (Å²) in [5.41, 5.74) is 2.70. The number of carbonyl (C=O) groups excluding carboxylic acids is 1. The van der Waals surface area contributed by atoms with Gasteiger partial charge in [0, 0.05) is 8.95 Å². The van der Waals surface area contributed by atoms with Crippen molar-refractivity contribution in [1.82, 2.24) is 0 Å². The molecule has 0 aliphatic rings. The van der Waals surface area contributed by atoms with Crippen molar-refractivity contribution < 1.29 is 9.53 Å². The van der Waals surface area contributed by atoms with Gasteiger partial charge in [-0.05, 0) is 48.4 Å². The molecule has 0 spiro atoms. The van der Waals surface area contributed by atoms with E-state index in [0.717, 1.165) is 20.1 Å². The topological polar surface area (TPSA) is 26.3 Å². The molecule has 0 heterocycles. The van der Waals surface area contributed by atoms with Crippen LogP contribution in [0.3, 0.4) is 0 Å². The van der Waals surface area contributed by atoms with E-state index in [9.17, 15) is 4.79 Å².